The van der Waals surface area contributed by atoms with E-state index in [1.54, 1.807) is 12.1 Å². The maximum absolute atomic E-state index is 14.8. The lowest BCUT2D eigenvalue weighted by molar-refractivity contribution is -0.218. The van der Waals surface area contributed by atoms with Gasteiger partial charge < -0.3 is 43.7 Å². The molecule has 15 heteroatoms. The molecule has 55 heavy (non-hydrogen) atoms. The molecule has 8 heterocycles. The summed E-state index contributed by atoms with van der Waals surface area (Å²) in [5.74, 6) is 0.931. The fourth-order valence-electron chi connectivity index (χ4n) is 10.3. The van der Waals surface area contributed by atoms with Gasteiger partial charge in [0.2, 0.25) is 6.79 Å². The van der Waals surface area contributed by atoms with E-state index in [-0.39, 0.29) is 49.4 Å². The number of thioether (sulfide) groups is 1. The Morgan fingerprint density at radius 1 is 1.04 bits per heavy atom. The summed E-state index contributed by atoms with van der Waals surface area (Å²) in [7, 11) is 3.00. The van der Waals surface area contributed by atoms with Crippen molar-refractivity contribution in [2.45, 2.75) is 75.2 Å². The van der Waals surface area contributed by atoms with Gasteiger partial charge >= 0.3 is 11.9 Å². The Morgan fingerprint density at radius 2 is 1.82 bits per heavy atom. The fourth-order valence-corrected chi connectivity index (χ4v) is 12.0. The van der Waals surface area contributed by atoms with Gasteiger partial charge in [0.15, 0.2) is 40.0 Å². The molecular formula is C40H45N3O11S. The Bertz CT molecular complexity index is 2160. The summed E-state index contributed by atoms with van der Waals surface area (Å²) in [6.45, 7) is 8.07. The molecule has 7 atom stereocenters. The molecule has 2 fully saturated rings. The third-order valence-electron chi connectivity index (χ3n) is 12.4. The number of phenolic OH excluding ortho intramolecular Hbond substituents is 2. The lowest BCUT2D eigenvalue weighted by Crippen LogP contribution is -2.70. The second-order valence-corrected chi connectivity index (χ2v) is 16.4. The number of aliphatic hydroxyl groups is 1. The number of aryl methyl sites for hydroxylation is 1. The number of ether oxygens (including phenoxy) is 6. The predicted octanol–water partition coefficient (Wildman–Crippen LogP) is 3.80. The highest BCUT2D eigenvalue weighted by Gasteiger charge is 2.64. The lowest BCUT2D eigenvalue weighted by Gasteiger charge is -2.61. The van der Waals surface area contributed by atoms with Crippen LogP contribution in [0.1, 0.15) is 75.7 Å². The number of esters is 2. The highest BCUT2D eigenvalue weighted by atomic mass is 32.2. The van der Waals surface area contributed by atoms with Crippen molar-refractivity contribution in [3.05, 3.63) is 62.7 Å². The van der Waals surface area contributed by atoms with Crippen LogP contribution in [0.3, 0.4) is 0 Å². The Labute approximate surface area is 322 Å². The number of benzene rings is 3. The van der Waals surface area contributed by atoms with Crippen LogP contribution in [0.15, 0.2) is 18.2 Å². The minimum absolute atomic E-state index is 0.0185. The number of hydrogen-bond acceptors (Lipinski definition) is 15. The summed E-state index contributed by atoms with van der Waals surface area (Å²) in [5, 5.41) is 39.0. The molecule has 7 unspecified atom stereocenters. The molecule has 292 valence electrons. The van der Waals surface area contributed by atoms with Crippen LogP contribution in [-0.2, 0) is 32.7 Å². The summed E-state index contributed by atoms with van der Waals surface area (Å²) < 4.78 is 36.1. The number of carbonyl (C=O) groups excluding carboxylic acids is 2. The zero-order chi connectivity index (χ0) is 38.7. The maximum atomic E-state index is 14.8. The van der Waals surface area contributed by atoms with Gasteiger partial charge in [-0.25, -0.2) is 4.79 Å². The average molecular weight is 776 g/mol. The zero-order valence-corrected chi connectivity index (χ0v) is 32.4. The van der Waals surface area contributed by atoms with Crippen molar-refractivity contribution in [1.29, 1.82) is 0 Å². The van der Waals surface area contributed by atoms with Gasteiger partial charge in [0, 0.05) is 60.5 Å². The molecule has 8 aliphatic rings. The highest BCUT2D eigenvalue weighted by molar-refractivity contribution is 7.99. The van der Waals surface area contributed by atoms with Crippen molar-refractivity contribution < 1.29 is 53.3 Å². The molecule has 8 aliphatic heterocycles. The molecule has 0 aromatic heterocycles. The molecular weight excluding hydrogens is 731 g/mol. The third kappa shape index (κ3) is 5.02. The van der Waals surface area contributed by atoms with Crippen LogP contribution in [0.25, 0.3) is 0 Å². The first-order valence-electron chi connectivity index (χ1n) is 18.6. The molecule has 1 spiro atoms. The zero-order valence-electron chi connectivity index (χ0n) is 31.6. The lowest BCUT2D eigenvalue weighted by atomic mass is 9.78. The smallest absolute Gasteiger partial charge is 0.331 e. The number of hydrogen-bond donors (Lipinski definition) is 4. The number of fused-ring (bicyclic) bond motifs is 6. The van der Waals surface area contributed by atoms with Crippen molar-refractivity contribution in [1.82, 2.24) is 15.1 Å². The van der Waals surface area contributed by atoms with Gasteiger partial charge in [-0.2, -0.15) is 0 Å². The number of phenols is 2. The van der Waals surface area contributed by atoms with Crippen LogP contribution in [0.2, 0.25) is 0 Å². The number of nitrogens with zero attached hydrogens (tertiary/aromatic N) is 2. The van der Waals surface area contributed by atoms with E-state index in [1.807, 2.05) is 26.8 Å². The molecule has 0 amide bonds. The SMILES string of the molecule is CCN1CC2(O)Cc3cc(C)c(OC)c(O)c3C1C1C3SCC4(NCCc5cc(O)c(OC)cc54)C(=O)OCC(c4c5c(c(C)c(OC(C)=O)c43)OCO5)N12. The molecule has 14 nitrogen and oxygen atoms in total. The predicted molar refractivity (Wildman–Crippen MR) is 199 cm³/mol. The van der Waals surface area contributed by atoms with E-state index < -0.39 is 46.6 Å². The van der Waals surface area contributed by atoms with Crippen LogP contribution in [0.5, 0.6) is 40.2 Å². The first-order valence-corrected chi connectivity index (χ1v) is 19.6. The van der Waals surface area contributed by atoms with Gasteiger partial charge in [-0.3, -0.25) is 19.9 Å². The standard InChI is InChI=1S/C40H45N3O11S/c1-7-42-15-39(48)13-22-10-18(2)33(50-6)32(46)27(22)30(42)31-37-29-28(36-35(52-17-53-36)19(3)34(29)54-20(4)44)24(43(31)39)14-51-38(47)40(16-55-37)23-12-26(49-5)25(45)11-21(23)8-9-41-40/h10-12,24,30-31,37,41,45-46,48H,7-9,13-17H2,1-6H3. The summed E-state index contributed by atoms with van der Waals surface area (Å²) in [4.78, 5) is 32.0. The van der Waals surface area contributed by atoms with E-state index in [1.165, 1.54) is 32.9 Å². The first-order chi connectivity index (χ1) is 26.4. The maximum Gasteiger partial charge on any atom is 0.331 e. The second kappa shape index (κ2) is 12.8. The number of aromatic hydroxyl groups is 2. The van der Waals surface area contributed by atoms with E-state index in [0.717, 1.165) is 16.7 Å². The van der Waals surface area contributed by atoms with Crippen LogP contribution in [0, 0.1) is 13.8 Å². The Hall–Kier alpha value is -4.41. The number of methoxy groups -OCH3 is 2. The van der Waals surface area contributed by atoms with E-state index in [4.69, 9.17) is 28.4 Å². The van der Waals surface area contributed by atoms with E-state index in [2.05, 4.69) is 15.1 Å². The van der Waals surface area contributed by atoms with Crippen LogP contribution in [0.4, 0.5) is 0 Å². The van der Waals surface area contributed by atoms with Gasteiger partial charge in [0.1, 0.15) is 18.1 Å². The topological polar surface area (TPSA) is 169 Å². The highest BCUT2D eigenvalue weighted by Crippen LogP contribution is 2.65. The minimum Gasteiger partial charge on any atom is -0.504 e. The van der Waals surface area contributed by atoms with Gasteiger partial charge in [-0.1, -0.05) is 13.0 Å². The third-order valence-corrected chi connectivity index (χ3v) is 13.9. The van der Waals surface area contributed by atoms with Crippen LogP contribution >= 0.6 is 11.8 Å². The van der Waals surface area contributed by atoms with Crippen molar-refractivity contribution >= 4 is 23.7 Å². The van der Waals surface area contributed by atoms with Crippen molar-refractivity contribution in [3.63, 3.8) is 0 Å². The summed E-state index contributed by atoms with van der Waals surface area (Å²) in [6, 6.07) is 3.47. The molecule has 0 saturated carbocycles. The number of piperazine rings is 1. The number of nitrogens with one attached hydrogen (secondary N) is 1. The van der Waals surface area contributed by atoms with Crippen LogP contribution < -0.4 is 29.0 Å². The fraction of sp³-hybridized carbons (Fsp3) is 0.500. The molecule has 3 aromatic rings. The molecule has 2 saturated heterocycles. The molecule has 11 rings (SSSR count). The number of likely N-dealkylation sites (N-methyl/N-ethyl adjacent to an activating group) is 1. The largest absolute Gasteiger partial charge is 0.504 e. The Balaban J connectivity index is 1.34. The molecule has 4 bridgehead atoms. The number of rotatable bonds is 4. The molecule has 3 aromatic carbocycles. The molecule has 4 N–H and O–H groups in total. The Kier molecular flexibility index (Phi) is 8.44. The molecule has 0 radical (unpaired) electrons. The summed E-state index contributed by atoms with van der Waals surface area (Å²) in [5.41, 5.74) is 2.66. The van der Waals surface area contributed by atoms with E-state index >= 15 is 0 Å². The quantitative estimate of drug-likeness (QED) is 0.223. The first kappa shape index (κ1) is 36.2. The van der Waals surface area contributed by atoms with Gasteiger partial charge in [-0.15, -0.1) is 11.8 Å². The summed E-state index contributed by atoms with van der Waals surface area (Å²) >= 11 is 1.48. The van der Waals surface area contributed by atoms with Gasteiger partial charge in [-0.05, 0) is 61.2 Å². The minimum atomic E-state index is -1.51. The number of carbonyl (C=O) groups is 2. The Morgan fingerprint density at radius 3 is 2.55 bits per heavy atom. The van der Waals surface area contributed by atoms with Crippen molar-refractivity contribution in [3.8, 4) is 40.2 Å². The van der Waals surface area contributed by atoms with Gasteiger partial charge in [0.05, 0.1) is 31.6 Å². The summed E-state index contributed by atoms with van der Waals surface area (Å²) in [6.07, 6.45) is 0.737. The second-order valence-electron chi connectivity index (χ2n) is 15.3. The van der Waals surface area contributed by atoms with E-state index in [0.29, 0.717) is 70.3 Å². The van der Waals surface area contributed by atoms with Gasteiger partial charge in [0.25, 0.3) is 0 Å². The monoisotopic (exact) mass is 775 g/mol. The molecule has 0 aliphatic carbocycles. The van der Waals surface area contributed by atoms with Crippen LogP contribution in [-0.4, -0.2) is 102 Å². The van der Waals surface area contributed by atoms with Crippen molar-refractivity contribution in [2.24, 2.45) is 0 Å². The average Bonchev–Trinajstić information content (AvgIpc) is 3.56. The van der Waals surface area contributed by atoms with E-state index in [9.17, 15) is 24.9 Å². The normalized spacial score (nSPS) is 30.1. The van der Waals surface area contributed by atoms with Crippen molar-refractivity contribution in [2.75, 3.05) is 53.0 Å².